The normalized spacial score (nSPS) is 11.0. The first kappa shape index (κ1) is 9.80. The summed E-state index contributed by atoms with van der Waals surface area (Å²) in [7, 11) is 0. The number of rotatable bonds is 2. The number of fused-ring (bicyclic) bond motifs is 1. The third kappa shape index (κ3) is 1.60. The Labute approximate surface area is 95.0 Å². The van der Waals surface area contributed by atoms with Crippen LogP contribution in [0.5, 0.6) is 0 Å². The number of halogens is 2. The van der Waals surface area contributed by atoms with Gasteiger partial charge in [0, 0.05) is 16.9 Å². The molecule has 1 aromatic carbocycles. The molecule has 2 N–H and O–H groups in total. The van der Waals surface area contributed by atoms with Crippen LogP contribution in [-0.2, 0) is 6.54 Å². The molecule has 0 aliphatic carbocycles. The van der Waals surface area contributed by atoms with E-state index in [9.17, 15) is 0 Å². The molecule has 0 amide bonds. The predicted octanol–water partition coefficient (Wildman–Crippen LogP) is 2.62. The molecule has 0 radical (unpaired) electrons. The summed E-state index contributed by atoms with van der Waals surface area (Å²) in [6.07, 6.45) is 0. The van der Waals surface area contributed by atoms with Gasteiger partial charge in [-0.3, -0.25) is 0 Å². The van der Waals surface area contributed by atoms with E-state index in [0.29, 0.717) is 18.4 Å². The highest BCUT2D eigenvalue weighted by atomic mass is 79.9. The summed E-state index contributed by atoms with van der Waals surface area (Å²) in [6, 6.07) is 5.87. The van der Waals surface area contributed by atoms with E-state index in [-0.39, 0.29) is 0 Å². The van der Waals surface area contributed by atoms with Gasteiger partial charge in [0.15, 0.2) is 0 Å². The van der Waals surface area contributed by atoms with E-state index in [0.717, 1.165) is 15.5 Å². The molecule has 5 heteroatoms. The fourth-order valence-corrected chi connectivity index (χ4v) is 1.95. The number of hydrogen-bond acceptors (Lipinski definition) is 2. The van der Waals surface area contributed by atoms with Gasteiger partial charge in [-0.2, -0.15) is 0 Å². The average molecular weight is 275 g/mol. The van der Waals surface area contributed by atoms with Crippen molar-refractivity contribution < 1.29 is 0 Å². The van der Waals surface area contributed by atoms with Crippen LogP contribution in [0.2, 0.25) is 0 Å². The van der Waals surface area contributed by atoms with Crippen LogP contribution in [0.4, 0.5) is 5.95 Å². The zero-order valence-corrected chi connectivity index (χ0v) is 9.72. The minimum atomic E-state index is 0.513. The fourth-order valence-electron chi connectivity index (χ4n) is 1.43. The zero-order valence-electron chi connectivity index (χ0n) is 7.37. The minimum Gasteiger partial charge on any atom is -0.369 e. The second-order valence-electron chi connectivity index (χ2n) is 2.94. The summed E-state index contributed by atoms with van der Waals surface area (Å²) >= 11 is 9.10. The topological polar surface area (TPSA) is 43.8 Å². The van der Waals surface area contributed by atoms with Crippen molar-refractivity contribution in [2.75, 3.05) is 11.6 Å². The highest BCUT2D eigenvalue weighted by Crippen LogP contribution is 2.21. The zero-order chi connectivity index (χ0) is 10.1. The van der Waals surface area contributed by atoms with Gasteiger partial charge in [0.1, 0.15) is 0 Å². The summed E-state index contributed by atoms with van der Waals surface area (Å²) in [5.41, 5.74) is 7.68. The Morgan fingerprint density at radius 1 is 1.50 bits per heavy atom. The van der Waals surface area contributed by atoms with Gasteiger partial charge in [-0.05, 0) is 18.2 Å². The van der Waals surface area contributed by atoms with Gasteiger partial charge >= 0.3 is 0 Å². The Morgan fingerprint density at radius 3 is 3.00 bits per heavy atom. The van der Waals surface area contributed by atoms with E-state index in [1.165, 1.54) is 0 Å². The number of nitrogens with two attached hydrogens (primary N) is 1. The number of nitrogen functional groups attached to an aromatic ring is 1. The summed E-state index contributed by atoms with van der Waals surface area (Å²) in [6.45, 7) is 0.681. The lowest BCUT2D eigenvalue weighted by Gasteiger charge is -2.02. The maximum Gasteiger partial charge on any atom is 0.201 e. The number of aryl methyl sites for hydroxylation is 1. The molecule has 0 atom stereocenters. The van der Waals surface area contributed by atoms with Gasteiger partial charge in [-0.1, -0.05) is 15.9 Å². The monoisotopic (exact) mass is 273 g/mol. The van der Waals surface area contributed by atoms with E-state index in [1.54, 1.807) is 0 Å². The lowest BCUT2D eigenvalue weighted by Crippen LogP contribution is -2.03. The number of alkyl halides is 1. The fraction of sp³-hybridized carbons (Fsp3) is 0.222. The standard InChI is InChI=1S/C9H9BrClN3/c10-6-1-2-7-8(5-6)14(4-3-11)9(12)13-7/h1-2,5H,3-4H2,(H2,12,13). The second kappa shape index (κ2) is 3.79. The molecular weight excluding hydrogens is 265 g/mol. The van der Waals surface area contributed by atoms with E-state index in [1.807, 2.05) is 22.8 Å². The van der Waals surface area contributed by atoms with E-state index < -0.39 is 0 Å². The van der Waals surface area contributed by atoms with Gasteiger partial charge in [-0.25, -0.2) is 4.98 Å². The Balaban J connectivity index is 2.66. The van der Waals surface area contributed by atoms with Crippen molar-refractivity contribution in [1.82, 2.24) is 9.55 Å². The number of hydrogen-bond donors (Lipinski definition) is 1. The van der Waals surface area contributed by atoms with Gasteiger partial charge in [0.25, 0.3) is 0 Å². The second-order valence-corrected chi connectivity index (χ2v) is 4.24. The van der Waals surface area contributed by atoms with Crippen LogP contribution in [-0.4, -0.2) is 15.4 Å². The first-order chi connectivity index (χ1) is 6.72. The van der Waals surface area contributed by atoms with Crippen LogP contribution in [0.3, 0.4) is 0 Å². The molecule has 74 valence electrons. The van der Waals surface area contributed by atoms with Crippen molar-refractivity contribution in [3.8, 4) is 0 Å². The Morgan fingerprint density at radius 2 is 2.29 bits per heavy atom. The molecule has 0 unspecified atom stereocenters. The number of nitrogens with zero attached hydrogens (tertiary/aromatic N) is 2. The van der Waals surface area contributed by atoms with Gasteiger partial charge < -0.3 is 10.3 Å². The molecule has 0 saturated heterocycles. The van der Waals surface area contributed by atoms with Crippen LogP contribution >= 0.6 is 27.5 Å². The molecule has 0 aliphatic rings. The molecule has 2 rings (SSSR count). The van der Waals surface area contributed by atoms with Crippen molar-refractivity contribution in [3.05, 3.63) is 22.7 Å². The van der Waals surface area contributed by atoms with Crippen LogP contribution in [0, 0.1) is 0 Å². The lowest BCUT2D eigenvalue weighted by molar-refractivity contribution is 0.806. The lowest BCUT2D eigenvalue weighted by atomic mass is 10.3. The van der Waals surface area contributed by atoms with Crippen LogP contribution < -0.4 is 5.73 Å². The molecule has 0 saturated carbocycles. The molecule has 0 spiro atoms. The summed E-state index contributed by atoms with van der Waals surface area (Å²) in [4.78, 5) is 4.23. The van der Waals surface area contributed by atoms with Gasteiger partial charge in [0.2, 0.25) is 5.95 Å². The van der Waals surface area contributed by atoms with Crippen LogP contribution in [0.1, 0.15) is 0 Å². The molecule has 0 bridgehead atoms. The summed E-state index contributed by atoms with van der Waals surface area (Å²) in [5.74, 6) is 1.04. The Hall–Kier alpha value is -0.740. The molecule has 14 heavy (non-hydrogen) atoms. The first-order valence-corrected chi connectivity index (χ1v) is 5.52. The summed E-state index contributed by atoms with van der Waals surface area (Å²) < 4.78 is 2.92. The van der Waals surface area contributed by atoms with Crippen molar-refractivity contribution in [3.63, 3.8) is 0 Å². The molecule has 2 aromatic rings. The van der Waals surface area contributed by atoms with Crippen LogP contribution in [0.25, 0.3) is 11.0 Å². The highest BCUT2D eigenvalue weighted by Gasteiger charge is 2.07. The quantitative estimate of drug-likeness (QED) is 0.856. The molecular formula is C9H9BrClN3. The van der Waals surface area contributed by atoms with Crippen molar-refractivity contribution in [1.29, 1.82) is 0 Å². The van der Waals surface area contributed by atoms with E-state index >= 15 is 0 Å². The third-order valence-corrected chi connectivity index (χ3v) is 2.71. The highest BCUT2D eigenvalue weighted by molar-refractivity contribution is 9.10. The third-order valence-electron chi connectivity index (χ3n) is 2.05. The number of benzene rings is 1. The minimum absolute atomic E-state index is 0.513. The summed E-state index contributed by atoms with van der Waals surface area (Å²) in [5, 5.41) is 0. The average Bonchev–Trinajstić information content (AvgIpc) is 2.45. The van der Waals surface area contributed by atoms with Crippen molar-refractivity contribution in [2.24, 2.45) is 0 Å². The number of imidazole rings is 1. The van der Waals surface area contributed by atoms with Gasteiger partial charge in [0.05, 0.1) is 11.0 Å². The maximum atomic E-state index is 5.77. The van der Waals surface area contributed by atoms with E-state index in [2.05, 4.69) is 20.9 Å². The molecule has 3 nitrogen and oxygen atoms in total. The predicted molar refractivity (Wildman–Crippen MR) is 62.6 cm³/mol. The van der Waals surface area contributed by atoms with Gasteiger partial charge in [-0.15, -0.1) is 11.6 Å². The first-order valence-electron chi connectivity index (χ1n) is 4.19. The van der Waals surface area contributed by atoms with Crippen LogP contribution in [0.15, 0.2) is 22.7 Å². The van der Waals surface area contributed by atoms with E-state index in [4.69, 9.17) is 17.3 Å². The van der Waals surface area contributed by atoms with Crippen molar-refractivity contribution in [2.45, 2.75) is 6.54 Å². The number of anilines is 1. The SMILES string of the molecule is Nc1nc2ccc(Br)cc2n1CCCl. The Bertz CT molecular complexity index is 466. The largest absolute Gasteiger partial charge is 0.369 e. The Kier molecular flexibility index (Phi) is 2.65. The smallest absolute Gasteiger partial charge is 0.201 e. The molecule has 0 fully saturated rings. The van der Waals surface area contributed by atoms with Crippen molar-refractivity contribution >= 4 is 44.5 Å². The number of aromatic nitrogens is 2. The molecule has 0 aliphatic heterocycles. The molecule has 1 aromatic heterocycles. The maximum absolute atomic E-state index is 5.77. The molecule has 1 heterocycles.